The van der Waals surface area contributed by atoms with E-state index in [1.165, 1.54) is 17.7 Å². The molecule has 13 heavy (non-hydrogen) atoms. The molecule has 0 spiro atoms. The molecule has 0 saturated carbocycles. The molecule has 0 aromatic carbocycles. The zero-order valence-corrected chi connectivity index (χ0v) is 7.16. The third kappa shape index (κ3) is 1.40. The summed E-state index contributed by atoms with van der Waals surface area (Å²) < 4.78 is 1.40. The van der Waals surface area contributed by atoms with Gasteiger partial charge in [-0.1, -0.05) is 0 Å². The second-order valence-electron chi connectivity index (χ2n) is 2.69. The average molecular weight is 181 g/mol. The van der Waals surface area contributed by atoms with Gasteiger partial charge in [0, 0.05) is 30.1 Å². The van der Waals surface area contributed by atoms with Crippen molar-refractivity contribution in [3.05, 3.63) is 23.0 Å². The Hall–Kier alpha value is -1.78. The van der Waals surface area contributed by atoms with Gasteiger partial charge in [0.25, 0.3) is 0 Å². The van der Waals surface area contributed by atoms with Gasteiger partial charge in [-0.25, -0.2) is 0 Å². The summed E-state index contributed by atoms with van der Waals surface area (Å²) in [5.41, 5.74) is -0.332. The molecular formula is C8H7NO4-2. The Bertz CT molecular complexity index is 378. The van der Waals surface area contributed by atoms with Crippen LogP contribution in [-0.4, -0.2) is 16.5 Å². The lowest BCUT2D eigenvalue weighted by atomic mass is 10.1. The summed E-state index contributed by atoms with van der Waals surface area (Å²) in [6, 6.07) is 0. The van der Waals surface area contributed by atoms with E-state index in [-0.39, 0.29) is 11.1 Å². The molecule has 0 N–H and O–H groups in total. The molecule has 1 rings (SSSR count). The van der Waals surface area contributed by atoms with Crippen molar-refractivity contribution in [1.29, 1.82) is 0 Å². The largest absolute Gasteiger partial charge is 0.545 e. The van der Waals surface area contributed by atoms with Crippen molar-refractivity contribution in [2.45, 2.75) is 6.92 Å². The van der Waals surface area contributed by atoms with Gasteiger partial charge in [-0.2, -0.15) is 0 Å². The minimum Gasteiger partial charge on any atom is -0.545 e. The summed E-state index contributed by atoms with van der Waals surface area (Å²) in [7, 11) is 1.55. The van der Waals surface area contributed by atoms with E-state index in [0.29, 0.717) is 5.69 Å². The summed E-state index contributed by atoms with van der Waals surface area (Å²) in [6.07, 6.45) is 1.19. The van der Waals surface area contributed by atoms with Gasteiger partial charge in [0.05, 0.1) is 11.9 Å². The molecule has 0 aliphatic carbocycles. The van der Waals surface area contributed by atoms with E-state index in [1.54, 1.807) is 7.05 Å². The lowest BCUT2D eigenvalue weighted by Crippen LogP contribution is -2.29. The van der Waals surface area contributed by atoms with Crippen LogP contribution in [0, 0.1) is 6.92 Å². The molecule has 70 valence electrons. The number of nitrogens with zero attached hydrogens (tertiary/aromatic N) is 1. The predicted molar refractivity (Wildman–Crippen MR) is 38.8 cm³/mol. The molecule has 0 fully saturated rings. The smallest absolute Gasteiger partial charge is 0.0740 e. The maximum absolute atomic E-state index is 10.5. The fourth-order valence-electron chi connectivity index (χ4n) is 1.14. The minimum absolute atomic E-state index is 0.317. The number of aromatic nitrogens is 1. The summed E-state index contributed by atoms with van der Waals surface area (Å²) >= 11 is 0. The Morgan fingerprint density at radius 3 is 2.15 bits per heavy atom. The van der Waals surface area contributed by atoms with Crippen LogP contribution in [0.5, 0.6) is 0 Å². The number of carbonyl (C=O) groups excluding carboxylic acids is 2. The maximum Gasteiger partial charge on any atom is 0.0740 e. The summed E-state index contributed by atoms with van der Waals surface area (Å²) in [5.74, 6) is -3.01. The van der Waals surface area contributed by atoms with Gasteiger partial charge >= 0.3 is 0 Å². The summed E-state index contributed by atoms with van der Waals surface area (Å²) in [4.78, 5) is 21.0. The van der Waals surface area contributed by atoms with Crippen molar-refractivity contribution < 1.29 is 19.8 Å². The number of carboxylic acids is 2. The van der Waals surface area contributed by atoms with E-state index >= 15 is 0 Å². The molecule has 0 aliphatic heterocycles. The molecule has 1 aromatic heterocycles. The Balaban J connectivity index is 3.44. The predicted octanol–water partition coefficient (Wildman–Crippen LogP) is -1.94. The minimum atomic E-state index is -1.51. The summed E-state index contributed by atoms with van der Waals surface area (Å²) in [6.45, 7) is 1.50. The highest BCUT2D eigenvalue weighted by atomic mass is 16.4. The van der Waals surface area contributed by atoms with Crippen molar-refractivity contribution in [3.8, 4) is 0 Å². The molecule has 0 saturated heterocycles. The Labute approximate surface area is 74.2 Å². The van der Waals surface area contributed by atoms with Crippen molar-refractivity contribution in [2.24, 2.45) is 7.05 Å². The Morgan fingerprint density at radius 2 is 1.85 bits per heavy atom. The van der Waals surface area contributed by atoms with Crippen molar-refractivity contribution in [1.82, 2.24) is 4.57 Å². The van der Waals surface area contributed by atoms with Gasteiger partial charge in [-0.15, -0.1) is 0 Å². The van der Waals surface area contributed by atoms with Gasteiger partial charge in [0.1, 0.15) is 0 Å². The van der Waals surface area contributed by atoms with E-state index in [9.17, 15) is 19.8 Å². The molecule has 0 aliphatic rings. The molecule has 0 atom stereocenters. The first-order valence-electron chi connectivity index (χ1n) is 3.53. The molecule has 0 bridgehead atoms. The number of carboxylic acid groups (broad SMARTS) is 2. The molecule has 1 aromatic rings. The number of hydrogen-bond acceptors (Lipinski definition) is 4. The maximum atomic E-state index is 10.5. The fourth-order valence-corrected chi connectivity index (χ4v) is 1.14. The highest BCUT2D eigenvalue weighted by Crippen LogP contribution is 2.14. The quantitative estimate of drug-likeness (QED) is 0.531. The highest BCUT2D eigenvalue weighted by molar-refractivity contribution is 6.01. The van der Waals surface area contributed by atoms with Crippen molar-refractivity contribution >= 4 is 11.9 Å². The van der Waals surface area contributed by atoms with E-state index in [1.807, 2.05) is 0 Å². The van der Waals surface area contributed by atoms with Crippen LogP contribution >= 0.6 is 0 Å². The summed E-state index contributed by atoms with van der Waals surface area (Å²) in [5, 5.41) is 21.0. The number of aryl methyl sites for hydroxylation is 1. The molecule has 0 amide bonds. The van der Waals surface area contributed by atoms with Crippen molar-refractivity contribution in [3.63, 3.8) is 0 Å². The first-order valence-corrected chi connectivity index (χ1v) is 3.53. The lowest BCUT2D eigenvalue weighted by molar-refractivity contribution is -0.259. The molecule has 0 radical (unpaired) electrons. The first-order chi connectivity index (χ1) is 5.95. The number of carbonyl (C=O) groups is 2. The second kappa shape index (κ2) is 2.93. The number of rotatable bonds is 2. The van der Waals surface area contributed by atoms with Crippen LogP contribution in [0.25, 0.3) is 0 Å². The van der Waals surface area contributed by atoms with Gasteiger partial charge in [-0.05, 0) is 6.92 Å². The zero-order valence-electron chi connectivity index (χ0n) is 7.16. The van der Waals surface area contributed by atoms with E-state index < -0.39 is 11.9 Å². The van der Waals surface area contributed by atoms with Crippen LogP contribution in [0.4, 0.5) is 0 Å². The number of aromatic carboxylic acids is 2. The van der Waals surface area contributed by atoms with Gasteiger partial charge in [0.15, 0.2) is 0 Å². The monoisotopic (exact) mass is 181 g/mol. The van der Waals surface area contributed by atoms with Crippen LogP contribution in [0.15, 0.2) is 6.20 Å². The Kier molecular flexibility index (Phi) is 2.10. The Morgan fingerprint density at radius 1 is 1.31 bits per heavy atom. The average Bonchev–Trinajstić information content (AvgIpc) is 2.28. The SMILES string of the molecule is Cc1c(C(=O)[O-])c(C(=O)[O-])cn1C. The van der Waals surface area contributed by atoms with Gasteiger partial charge in [-0.3, -0.25) is 0 Å². The van der Waals surface area contributed by atoms with Crippen molar-refractivity contribution in [2.75, 3.05) is 0 Å². The zero-order chi connectivity index (χ0) is 10.2. The molecular weight excluding hydrogens is 174 g/mol. The third-order valence-corrected chi connectivity index (χ3v) is 1.91. The second-order valence-corrected chi connectivity index (χ2v) is 2.69. The van der Waals surface area contributed by atoms with Gasteiger partial charge < -0.3 is 24.4 Å². The fraction of sp³-hybridized carbons (Fsp3) is 0.250. The molecule has 1 heterocycles. The number of hydrogen-bond donors (Lipinski definition) is 0. The van der Waals surface area contributed by atoms with Gasteiger partial charge in [0.2, 0.25) is 0 Å². The molecule has 5 heteroatoms. The molecule has 0 unspecified atom stereocenters. The van der Waals surface area contributed by atoms with Crippen LogP contribution in [-0.2, 0) is 7.05 Å². The van der Waals surface area contributed by atoms with Crippen LogP contribution in [0.2, 0.25) is 0 Å². The van der Waals surface area contributed by atoms with Crippen LogP contribution in [0.3, 0.4) is 0 Å². The van der Waals surface area contributed by atoms with Crippen LogP contribution in [0.1, 0.15) is 26.4 Å². The third-order valence-electron chi connectivity index (χ3n) is 1.91. The molecule has 5 nitrogen and oxygen atoms in total. The standard InChI is InChI=1S/C8H9NO4/c1-4-6(8(12)13)5(7(10)11)3-9(4)2/h3H,1-2H3,(H,10,11)(H,12,13)/p-2. The normalized spacial score (nSPS) is 10.0. The first kappa shape index (κ1) is 9.31. The topological polar surface area (TPSA) is 85.2 Å². The van der Waals surface area contributed by atoms with E-state index in [2.05, 4.69) is 0 Å². The van der Waals surface area contributed by atoms with Crippen LogP contribution < -0.4 is 10.2 Å². The van der Waals surface area contributed by atoms with E-state index in [4.69, 9.17) is 0 Å². The highest BCUT2D eigenvalue weighted by Gasteiger charge is 2.11. The van der Waals surface area contributed by atoms with E-state index in [0.717, 1.165) is 0 Å². The lowest BCUT2D eigenvalue weighted by Gasteiger charge is -2.06.